The van der Waals surface area contributed by atoms with Gasteiger partial charge in [0.2, 0.25) is 0 Å². The van der Waals surface area contributed by atoms with E-state index in [1.807, 2.05) is 0 Å². The van der Waals surface area contributed by atoms with Crippen LogP contribution in [0.2, 0.25) is 5.15 Å². The zero-order valence-corrected chi connectivity index (χ0v) is 9.59. The highest BCUT2D eigenvalue weighted by Crippen LogP contribution is 2.39. The lowest BCUT2D eigenvalue weighted by Gasteiger charge is -2.44. The number of hydrogen-bond donors (Lipinski definition) is 4. The molecule has 0 aromatic carbocycles. The van der Waals surface area contributed by atoms with Crippen LogP contribution < -0.4 is 16.0 Å². The Morgan fingerprint density at radius 2 is 2.35 bits per heavy atom. The van der Waals surface area contributed by atoms with Gasteiger partial charge in [0.25, 0.3) is 0 Å². The summed E-state index contributed by atoms with van der Waals surface area (Å²) in [6, 6.07) is -0.119. The fraction of sp³-hybridized carbons (Fsp3) is 0.556. The number of hydrogen-bond acceptors (Lipinski definition) is 7. The number of aliphatic hydroxyl groups excluding tert-OH is 2. The van der Waals surface area contributed by atoms with Crippen molar-refractivity contribution < 1.29 is 10.2 Å². The minimum absolute atomic E-state index is 0.00365. The predicted octanol–water partition coefficient (Wildman–Crippen LogP) is -0.477. The van der Waals surface area contributed by atoms with Crippen LogP contribution in [0.3, 0.4) is 0 Å². The maximum absolute atomic E-state index is 9.88. The van der Waals surface area contributed by atoms with E-state index in [0.717, 1.165) is 0 Å². The smallest absolute Gasteiger partial charge is 0.174 e. The Morgan fingerprint density at radius 3 is 3.06 bits per heavy atom. The van der Waals surface area contributed by atoms with Gasteiger partial charge >= 0.3 is 0 Å². The van der Waals surface area contributed by atoms with Crippen molar-refractivity contribution in [2.24, 2.45) is 5.92 Å². The Balaban J connectivity index is 1.83. The number of rotatable bonds is 2. The number of nitrogens with zero attached hydrogens (tertiary/aromatic N) is 3. The van der Waals surface area contributed by atoms with Crippen LogP contribution >= 0.6 is 11.6 Å². The molecule has 1 aromatic heterocycles. The van der Waals surface area contributed by atoms with Crippen molar-refractivity contribution in [3.63, 3.8) is 0 Å². The molecule has 3 unspecified atom stereocenters. The normalized spacial score (nSPS) is 30.8. The standard InChI is InChI=1S/C9H12ClN5O2/c10-8-6-9(12-3-11-8)15(14-13-6)5-1-4(2-16)7(5)17/h3-5,7,13-14,16-17H,1-2H2. The van der Waals surface area contributed by atoms with Crippen molar-refractivity contribution in [1.29, 1.82) is 0 Å². The second kappa shape index (κ2) is 3.95. The monoisotopic (exact) mass is 257 g/mol. The summed E-state index contributed by atoms with van der Waals surface area (Å²) in [5.74, 6) is 0.550. The van der Waals surface area contributed by atoms with E-state index >= 15 is 0 Å². The number of anilines is 2. The van der Waals surface area contributed by atoms with E-state index in [-0.39, 0.29) is 18.6 Å². The van der Waals surface area contributed by atoms with E-state index in [1.54, 1.807) is 5.01 Å². The number of hydrazine groups is 2. The van der Waals surface area contributed by atoms with Crippen molar-refractivity contribution in [2.45, 2.75) is 18.6 Å². The van der Waals surface area contributed by atoms with Crippen molar-refractivity contribution in [1.82, 2.24) is 15.5 Å². The molecule has 17 heavy (non-hydrogen) atoms. The Bertz CT molecular complexity index is 445. The van der Waals surface area contributed by atoms with Crippen LogP contribution in [0.15, 0.2) is 6.33 Å². The molecule has 1 aliphatic heterocycles. The van der Waals surface area contributed by atoms with Crippen molar-refractivity contribution >= 4 is 23.1 Å². The average Bonchev–Trinajstić information content (AvgIpc) is 2.73. The zero-order valence-electron chi connectivity index (χ0n) is 8.84. The maximum Gasteiger partial charge on any atom is 0.174 e. The van der Waals surface area contributed by atoms with Crippen LogP contribution in [-0.4, -0.2) is 38.9 Å². The Kier molecular flexibility index (Phi) is 2.55. The van der Waals surface area contributed by atoms with Crippen molar-refractivity contribution in [2.75, 3.05) is 17.0 Å². The molecule has 2 aliphatic rings. The molecule has 2 heterocycles. The molecule has 92 valence electrons. The molecule has 1 fully saturated rings. The summed E-state index contributed by atoms with van der Waals surface area (Å²) in [7, 11) is 0. The van der Waals surface area contributed by atoms with Crippen LogP contribution in [0.25, 0.3) is 0 Å². The molecule has 3 atom stereocenters. The lowest BCUT2D eigenvalue weighted by Crippen LogP contribution is -2.61. The quantitative estimate of drug-likeness (QED) is 0.532. The largest absolute Gasteiger partial charge is 0.396 e. The molecular weight excluding hydrogens is 246 g/mol. The summed E-state index contributed by atoms with van der Waals surface area (Å²) in [6.07, 6.45) is 1.50. The molecule has 0 bridgehead atoms. The summed E-state index contributed by atoms with van der Waals surface area (Å²) < 4.78 is 0. The average molecular weight is 258 g/mol. The van der Waals surface area contributed by atoms with Gasteiger partial charge in [-0.05, 0) is 6.42 Å². The van der Waals surface area contributed by atoms with Crippen LogP contribution in [0.1, 0.15) is 6.42 Å². The minimum atomic E-state index is -0.575. The summed E-state index contributed by atoms with van der Waals surface area (Å²) in [4.78, 5) is 7.98. The third-order valence-electron chi connectivity index (χ3n) is 3.30. The molecule has 4 N–H and O–H groups in total. The first-order valence-electron chi connectivity index (χ1n) is 5.32. The van der Waals surface area contributed by atoms with Crippen LogP contribution in [0, 0.1) is 5.92 Å². The topological polar surface area (TPSA) is 93.5 Å². The minimum Gasteiger partial charge on any atom is -0.396 e. The van der Waals surface area contributed by atoms with E-state index in [2.05, 4.69) is 20.9 Å². The van der Waals surface area contributed by atoms with Gasteiger partial charge in [-0.15, -0.1) is 5.53 Å². The van der Waals surface area contributed by atoms with E-state index in [0.29, 0.717) is 23.1 Å². The molecular formula is C9H12ClN5O2. The molecule has 0 saturated heterocycles. The van der Waals surface area contributed by atoms with Gasteiger partial charge in [0, 0.05) is 12.5 Å². The van der Waals surface area contributed by atoms with Gasteiger partial charge in [0.05, 0.1) is 12.1 Å². The van der Waals surface area contributed by atoms with Gasteiger partial charge in [-0.3, -0.25) is 10.4 Å². The summed E-state index contributed by atoms with van der Waals surface area (Å²) in [5, 5.41) is 20.9. The summed E-state index contributed by atoms with van der Waals surface area (Å²) in [6.45, 7) is -0.00365. The predicted molar refractivity (Wildman–Crippen MR) is 61.3 cm³/mol. The third kappa shape index (κ3) is 1.54. The lowest BCUT2D eigenvalue weighted by molar-refractivity contribution is -0.0320. The number of fused-ring (bicyclic) bond motifs is 1. The van der Waals surface area contributed by atoms with Crippen LogP contribution in [-0.2, 0) is 0 Å². The van der Waals surface area contributed by atoms with Crippen LogP contribution in [0.5, 0.6) is 0 Å². The van der Waals surface area contributed by atoms with Crippen molar-refractivity contribution in [3.8, 4) is 0 Å². The first kappa shape index (κ1) is 11.0. The van der Waals surface area contributed by atoms with E-state index in [4.69, 9.17) is 16.7 Å². The zero-order chi connectivity index (χ0) is 12.0. The van der Waals surface area contributed by atoms with Gasteiger partial charge in [0.15, 0.2) is 11.0 Å². The number of aromatic nitrogens is 2. The second-order valence-electron chi connectivity index (χ2n) is 4.21. The molecule has 8 heteroatoms. The van der Waals surface area contributed by atoms with Crippen molar-refractivity contribution in [3.05, 3.63) is 11.5 Å². The molecule has 7 nitrogen and oxygen atoms in total. The summed E-state index contributed by atoms with van der Waals surface area (Å²) in [5.41, 5.74) is 6.37. The SMILES string of the molecule is OCC1CC(N2NNc3c(Cl)ncnc32)C1O. The highest BCUT2D eigenvalue weighted by molar-refractivity contribution is 6.32. The molecule has 3 rings (SSSR count). The molecule has 0 amide bonds. The highest BCUT2D eigenvalue weighted by atomic mass is 35.5. The van der Waals surface area contributed by atoms with Crippen LogP contribution in [0.4, 0.5) is 11.5 Å². The Hall–Kier alpha value is -1.15. The molecule has 1 aliphatic carbocycles. The fourth-order valence-corrected chi connectivity index (χ4v) is 2.38. The number of nitrogens with one attached hydrogen (secondary N) is 2. The highest BCUT2D eigenvalue weighted by Gasteiger charge is 2.45. The first-order chi connectivity index (χ1) is 8.22. The van der Waals surface area contributed by atoms with E-state index in [9.17, 15) is 5.11 Å². The van der Waals surface area contributed by atoms with Gasteiger partial charge in [-0.1, -0.05) is 11.6 Å². The van der Waals surface area contributed by atoms with Gasteiger partial charge in [-0.2, -0.15) is 0 Å². The van der Waals surface area contributed by atoms with Gasteiger partial charge < -0.3 is 10.2 Å². The number of halogens is 1. The van der Waals surface area contributed by atoms with E-state index < -0.39 is 6.10 Å². The second-order valence-corrected chi connectivity index (χ2v) is 4.56. The van der Waals surface area contributed by atoms with Gasteiger partial charge in [0.1, 0.15) is 12.0 Å². The molecule has 0 spiro atoms. The first-order valence-corrected chi connectivity index (χ1v) is 5.70. The lowest BCUT2D eigenvalue weighted by atomic mass is 9.77. The van der Waals surface area contributed by atoms with E-state index in [1.165, 1.54) is 6.33 Å². The number of aliphatic hydroxyl groups is 2. The molecule has 0 radical (unpaired) electrons. The summed E-state index contributed by atoms with van der Waals surface area (Å²) >= 11 is 5.91. The molecule has 1 aromatic rings. The van der Waals surface area contributed by atoms with Gasteiger partial charge in [-0.25, -0.2) is 9.97 Å². The third-order valence-corrected chi connectivity index (χ3v) is 3.58. The maximum atomic E-state index is 9.88. The molecule has 1 saturated carbocycles. The Morgan fingerprint density at radius 1 is 1.53 bits per heavy atom. The fourth-order valence-electron chi connectivity index (χ4n) is 2.20. The Labute approximate surface area is 102 Å².